The van der Waals surface area contributed by atoms with E-state index >= 15 is 0 Å². The Morgan fingerprint density at radius 2 is 2.00 bits per heavy atom. The number of hydrogen-bond acceptors (Lipinski definition) is 5. The van der Waals surface area contributed by atoms with E-state index < -0.39 is 17.9 Å². The first-order valence-corrected chi connectivity index (χ1v) is 12.6. The van der Waals surface area contributed by atoms with E-state index in [-0.39, 0.29) is 43.0 Å². The fourth-order valence-corrected chi connectivity index (χ4v) is 4.38. The lowest BCUT2D eigenvalue weighted by molar-refractivity contribution is -0.137. The summed E-state index contributed by atoms with van der Waals surface area (Å²) in [6, 6.07) is 9.77. The van der Waals surface area contributed by atoms with Gasteiger partial charge in [-0.1, -0.05) is 39.6 Å². The van der Waals surface area contributed by atoms with Gasteiger partial charge in [-0.3, -0.25) is 14.4 Å². The SMILES string of the molecule is CCOC(=O)/C=C/C(CC1CCNC1=O)NC(=O)CCC(=O)c1ccc(-c2ccccc2C(F)P)[nH]1. The van der Waals surface area contributed by atoms with Crippen molar-refractivity contribution in [1.29, 1.82) is 0 Å². The van der Waals surface area contributed by atoms with Gasteiger partial charge in [0.2, 0.25) is 11.8 Å². The molecule has 1 fully saturated rings. The molecular formula is C26H31FN3O5P. The number of rotatable bonds is 12. The zero-order valence-electron chi connectivity index (χ0n) is 20.1. The number of Topliss-reactive ketones (excluding diaryl/α,β-unsaturated/α-hetero) is 1. The molecule has 1 aromatic heterocycles. The molecule has 0 aliphatic carbocycles. The number of aromatic nitrogens is 1. The Morgan fingerprint density at radius 3 is 2.69 bits per heavy atom. The van der Waals surface area contributed by atoms with E-state index in [1.807, 2.05) is 0 Å². The van der Waals surface area contributed by atoms with Crippen molar-refractivity contribution in [3.05, 3.63) is 59.8 Å². The minimum Gasteiger partial charge on any atom is -0.463 e. The predicted octanol–water partition coefficient (Wildman–Crippen LogP) is 3.62. The minimum absolute atomic E-state index is 0.0407. The average molecular weight is 516 g/mol. The number of carbonyl (C=O) groups excluding carboxylic acids is 4. The highest BCUT2D eigenvalue weighted by Crippen LogP contribution is 2.33. The molecule has 0 spiro atoms. The second kappa shape index (κ2) is 13.1. The monoisotopic (exact) mass is 515 g/mol. The number of aromatic amines is 1. The van der Waals surface area contributed by atoms with Crippen molar-refractivity contribution in [3.63, 3.8) is 0 Å². The zero-order valence-corrected chi connectivity index (χ0v) is 21.2. The standard InChI is InChI=1S/C26H31FN3O5P/c1-2-35-24(33)12-7-17(15-16-13-14-28-26(16)34)29-23(32)11-10-22(31)21-9-8-20(30-21)18-5-3-4-6-19(18)25(27)36/h3-9,12,16-17,25,30H,2,10-11,13-15,36H2,1H3,(H,28,34)(H,29,32)/b12-7+. The van der Waals surface area contributed by atoms with Gasteiger partial charge in [-0.2, -0.15) is 0 Å². The molecule has 4 unspecified atom stereocenters. The summed E-state index contributed by atoms with van der Waals surface area (Å²) in [6.07, 6.45) is 3.63. The third-order valence-corrected chi connectivity index (χ3v) is 6.27. The fraction of sp³-hybridized carbons (Fsp3) is 0.385. The molecule has 3 rings (SSSR count). The molecule has 2 heterocycles. The molecule has 1 aliphatic rings. The van der Waals surface area contributed by atoms with Gasteiger partial charge in [0.25, 0.3) is 0 Å². The van der Waals surface area contributed by atoms with Crippen LogP contribution >= 0.6 is 9.24 Å². The van der Waals surface area contributed by atoms with Crippen molar-refractivity contribution in [1.82, 2.24) is 15.6 Å². The Labute approximate surface area is 211 Å². The Bertz CT molecular complexity index is 1130. The predicted molar refractivity (Wildman–Crippen MR) is 137 cm³/mol. The third-order valence-electron chi connectivity index (χ3n) is 5.91. The summed E-state index contributed by atoms with van der Waals surface area (Å²) < 4.78 is 18.8. The maximum Gasteiger partial charge on any atom is 0.330 e. The summed E-state index contributed by atoms with van der Waals surface area (Å²) in [6.45, 7) is 2.49. The lowest BCUT2D eigenvalue weighted by Crippen LogP contribution is -2.36. The van der Waals surface area contributed by atoms with Crippen LogP contribution in [0.5, 0.6) is 0 Å². The second-order valence-electron chi connectivity index (χ2n) is 8.50. The van der Waals surface area contributed by atoms with Crippen LogP contribution in [0, 0.1) is 5.92 Å². The Morgan fingerprint density at radius 1 is 1.22 bits per heavy atom. The number of halogens is 1. The highest BCUT2D eigenvalue weighted by Gasteiger charge is 2.27. The van der Waals surface area contributed by atoms with E-state index in [9.17, 15) is 23.6 Å². The van der Waals surface area contributed by atoms with Crippen molar-refractivity contribution in [2.75, 3.05) is 13.2 Å². The normalized spacial score (nSPS) is 17.0. The summed E-state index contributed by atoms with van der Waals surface area (Å²) in [5.74, 6) is -2.76. The number of H-pyrrole nitrogens is 1. The van der Waals surface area contributed by atoms with Crippen LogP contribution in [0.15, 0.2) is 48.6 Å². The minimum atomic E-state index is -1.24. The molecule has 1 aromatic carbocycles. The highest BCUT2D eigenvalue weighted by atomic mass is 31.0. The van der Waals surface area contributed by atoms with E-state index in [0.717, 1.165) is 0 Å². The second-order valence-corrected chi connectivity index (χ2v) is 9.08. The van der Waals surface area contributed by atoms with Crippen molar-refractivity contribution in [2.45, 2.75) is 44.6 Å². The first-order valence-electron chi connectivity index (χ1n) is 11.9. The van der Waals surface area contributed by atoms with Gasteiger partial charge in [-0.05, 0) is 37.5 Å². The Balaban J connectivity index is 1.59. The number of hydrogen-bond donors (Lipinski definition) is 3. The van der Waals surface area contributed by atoms with Gasteiger partial charge < -0.3 is 20.4 Å². The number of carbonyl (C=O) groups is 4. The molecule has 0 saturated carbocycles. The summed E-state index contributed by atoms with van der Waals surface area (Å²) >= 11 is 0. The molecule has 1 aliphatic heterocycles. The van der Waals surface area contributed by atoms with Crippen molar-refractivity contribution in [2.24, 2.45) is 5.92 Å². The van der Waals surface area contributed by atoms with Crippen LogP contribution in [0.2, 0.25) is 0 Å². The number of benzene rings is 1. The van der Waals surface area contributed by atoms with Gasteiger partial charge in [-0.15, -0.1) is 0 Å². The maximum absolute atomic E-state index is 13.9. The van der Waals surface area contributed by atoms with Gasteiger partial charge >= 0.3 is 5.97 Å². The Hall–Kier alpha value is -3.32. The topological polar surface area (TPSA) is 117 Å². The van der Waals surface area contributed by atoms with Crippen LogP contribution in [0.1, 0.15) is 54.6 Å². The first-order chi connectivity index (χ1) is 17.3. The molecular weight excluding hydrogens is 484 g/mol. The van der Waals surface area contributed by atoms with Crippen LogP contribution in [-0.4, -0.2) is 47.7 Å². The number of ether oxygens (including phenoxy) is 1. The van der Waals surface area contributed by atoms with Crippen molar-refractivity contribution >= 4 is 32.8 Å². The van der Waals surface area contributed by atoms with E-state index in [4.69, 9.17) is 4.74 Å². The molecule has 2 aromatic rings. The molecule has 192 valence electrons. The molecule has 0 radical (unpaired) electrons. The number of alkyl halides is 1. The van der Waals surface area contributed by atoms with E-state index in [1.54, 1.807) is 43.3 Å². The third kappa shape index (κ3) is 7.59. The number of nitrogens with one attached hydrogen (secondary N) is 3. The smallest absolute Gasteiger partial charge is 0.330 e. The molecule has 10 heteroatoms. The fourth-order valence-electron chi connectivity index (χ4n) is 4.09. The molecule has 4 atom stereocenters. The molecule has 3 N–H and O–H groups in total. The number of esters is 1. The van der Waals surface area contributed by atoms with Crippen LogP contribution in [-0.2, 0) is 19.1 Å². The molecule has 0 bridgehead atoms. The van der Waals surface area contributed by atoms with E-state index in [1.165, 1.54) is 12.2 Å². The maximum atomic E-state index is 13.9. The lowest BCUT2D eigenvalue weighted by Gasteiger charge is -2.18. The first kappa shape index (κ1) is 27.3. The zero-order chi connectivity index (χ0) is 26.1. The van der Waals surface area contributed by atoms with E-state index in [2.05, 4.69) is 24.9 Å². The van der Waals surface area contributed by atoms with Crippen LogP contribution in [0.3, 0.4) is 0 Å². The van der Waals surface area contributed by atoms with Gasteiger partial charge in [0, 0.05) is 48.7 Å². The lowest BCUT2D eigenvalue weighted by atomic mass is 9.97. The van der Waals surface area contributed by atoms with Crippen molar-refractivity contribution < 1.29 is 28.3 Å². The summed E-state index contributed by atoms with van der Waals surface area (Å²) in [5.41, 5.74) is 2.08. The summed E-state index contributed by atoms with van der Waals surface area (Å²) in [5, 5.41) is 5.56. The molecule has 36 heavy (non-hydrogen) atoms. The molecule has 1 saturated heterocycles. The summed E-state index contributed by atoms with van der Waals surface area (Å²) in [7, 11) is 2.12. The van der Waals surface area contributed by atoms with Crippen LogP contribution in [0.25, 0.3) is 11.3 Å². The molecule has 2 amide bonds. The van der Waals surface area contributed by atoms with Gasteiger partial charge in [0.05, 0.1) is 12.3 Å². The average Bonchev–Trinajstić information content (AvgIpc) is 3.50. The molecule has 8 nitrogen and oxygen atoms in total. The largest absolute Gasteiger partial charge is 0.463 e. The summed E-state index contributed by atoms with van der Waals surface area (Å²) in [4.78, 5) is 52.0. The van der Waals surface area contributed by atoms with Crippen LogP contribution < -0.4 is 10.6 Å². The van der Waals surface area contributed by atoms with Gasteiger partial charge in [-0.25, -0.2) is 9.18 Å². The van der Waals surface area contributed by atoms with E-state index in [0.29, 0.717) is 41.9 Å². The highest BCUT2D eigenvalue weighted by molar-refractivity contribution is 7.16. The number of amides is 2. The van der Waals surface area contributed by atoms with Gasteiger partial charge in [0.15, 0.2) is 5.78 Å². The number of ketones is 1. The van der Waals surface area contributed by atoms with Crippen molar-refractivity contribution in [3.8, 4) is 11.3 Å². The van der Waals surface area contributed by atoms with Crippen LogP contribution in [0.4, 0.5) is 4.39 Å². The Kier molecular flexibility index (Phi) is 9.94. The van der Waals surface area contributed by atoms with Gasteiger partial charge in [0.1, 0.15) is 5.91 Å². The quantitative estimate of drug-likeness (QED) is 0.173.